The van der Waals surface area contributed by atoms with Crippen molar-refractivity contribution >= 4 is 45.5 Å². The molecule has 4 aromatic heterocycles. The molecule has 0 aliphatic carbocycles. The number of aromatic nitrogens is 4. The lowest BCUT2D eigenvalue weighted by Crippen LogP contribution is -2.29. The van der Waals surface area contributed by atoms with Gasteiger partial charge in [0.05, 0.1) is 29.6 Å². The number of hydrogen-bond donors (Lipinski definition) is 1. The zero-order chi connectivity index (χ0) is 25.6. The molecule has 36 heavy (non-hydrogen) atoms. The molecule has 182 valence electrons. The van der Waals surface area contributed by atoms with Crippen molar-refractivity contribution in [2.24, 2.45) is 0 Å². The number of rotatable bonds is 5. The number of aliphatic hydroxyl groups is 1. The first-order chi connectivity index (χ1) is 17.3. The molecule has 1 aliphatic heterocycles. The minimum Gasteiger partial charge on any atom is -0.505 e. The number of thiazole rings is 1. The minimum atomic E-state index is -1.02. The Kier molecular flexibility index (Phi) is 5.84. The lowest BCUT2D eigenvalue weighted by Gasteiger charge is -2.22. The van der Waals surface area contributed by atoms with E-state index in [1.165, 1.54) is 11.1 Å². The largest absolute Gasteiger partial charge is 0.505 e. The highest BCUT2D eigenvalue weighted by molar-refractivity contribution is 7.17. The topological polar surface area (TPSA) is 127 Å². The van der Waals surface area contributed by atoms with E-state index < -0.39 is 23.7 Å². The first-order valence-electron chi connectivity index (χ1n) is 11.1. The van der Waals surface area contributed by atoms with Crippen molar-refractivity contribution in [1.82, 2.24) is 19.4 Å². The van der Waals surface area contributed by atoms with E-state index in [0.29, 0.717) is 28.3 Å². The second-order valence-electron chi connectivity index (χ2n) is 8.06. The van der Waals surface area contributed by atoms with Gasteiger partial charge in [0.15, 0.2) is 10.9 Å². The number of anilines is 1. The highest BCUT2D eigenvalue weighted by atomic mass is 32.1. The Hall–Kier alpha value is -4.38. The molecule has 1 N–H and O–H groups in total. The fourth-order valence-corrected chi connectivity index (χ4v) is 5.27. The van der Waals surface area contributed by atoms with Crippen LogP contribution >= 0.6 is 11.3 Å². The molecule has 10 nitrogen and oxygen atoms in total. The number of aliphatic hydroxyl groups excluding tert-OH is 1. The van der Waals surface area contributed by atoms with E-state index in [2.05, 4.69) is 15.0 Å². The summed E-state index contributed by atoms with van der Waals surface area (Å²) < 4.78 is 6.76. The van der Waals surface area contributed by atoms with Crippen LogP contribution < -0.4 is 4.90 Å². The van der Waals surface area contributed by atoms with Crippen LogP contribution in [0.4, 0.5) is 5.13 Å². The molecular formula is C25H21N5O5S. The summed E-state index contributed by atoms with van der Waals surface area (Å²) in [4.78, 5) is 53.6. The van der Waals surface area contributed by atoms with Crippen LogP contribution in [0.5, 0.6) is 0 Å². The van der Waals surface area contributed by atoms with E-state index in [1.807, 2.05) is 6.07 Å². The van der Waals surface area contributed by atoms with Crippen LogP contribution in [0.1, 0.15) is 45.3 Å². The third-order valence-electron chi connectivity index (χ3n) is 5.83. The normalized spacial score (nSPS) is 17.2. The van der Waals surface area contributed by atoms with Crippen LogP contribution in [0.3, 0.4) is 0 Å². The number of imidazole rings is 1. The smallest absolute Gasteiger partial charge is 0.350 e. The number of ether oxygens (including phenoxy) is 1. The van der Waals surface area contributed by atoms with Gasteiger partial charge < -0.3 is 9.84 Å². The Morgan fingerprint density at radius 2 is 1.94 bits per heavy atom. The van der Waals surface area contributed by atoms with Gasteiger partial charge in [0.2, 0.25) is 0 Å². The maximum atomic E-state index is 13.4. The number of Topliss-reactive ketones (excluding diaryl/α,β-unsaturated/α-hetero) is 1. The summed E-state index contributed by atoms with van der Waals surface area (Å²) >= 11 is 0.951. The second-order valence-corrected chi connectivity index (χ2v) is 9.04. The van der Waals surface area contributed by atoms with Crippen LogP contribution in [0.25, 0.3) is 11.4 Å². The van der Waals surface area contributed by atoms with Gasteiger partial charge in [-0.15, -0.1) is 0 Å². The van der Waals surface area contributed by atoms with Gasteiger partial charge in [0.25, 0.3) is 5.78 Å². The Balaban J connectivity index is 1.73. The summed E-state index contributed by atoms with van der Waals surface area (Å²) in [7, 11) is 0. The molecule has 1 unspecified atom stereocenters. The van der Waals surface area contributed by atoms with Gasteiger partial charge in [-0.2, -0.15) is 0 Å². The maximum Gasteiger partial charge on any atom is 0.350 e. The molecule has 4 aromatic rings. The van der Waals surface area contributed by atoms with Crippen molar-refractivity contribution < 1.29 is 24.2 Å². The number of carbonyl (C=O) groups excluding carboxylic acids is 3. The zero-order valence-corrected chi connectivity index (χ0v) is 20.4. The summed E-state index contributed by atoms with van der Waals surface area (Å²) in [5, 5.41) is 11.6. The quantitative estimate of drug-likeness (QED) is 0.189. The van der Waals surface area contributed by atoms with Crippen LogP contribution in [-0.4, -0.2) is 48.7 Å². The first-order valence-corrected chi connectivity index (χ1v) is 11.9. The van der Waals surface area contributed by atoms with Crippen molar-refractivity contribution in [1.29, 1.82) is 0 Å². The van der Waals surface area contributed by atoms with E-state index in [4.69, 9.17) is 4.74 Å². The average Bonchev–Trinajstić information content (AvgIpc) is 3.50. The van der Waals surface area contributed by atoms with Crippen LogP contribution in [0.15, 0.2) is 54.5 Å². The fourth-order valence-electron chi connectivity index (χ4n) is 4.28. The molecule has 1 amide bonds. The molecule has 0 spiro atoms. The van der Waals surface area contributed by atoms with Crippen molar-refractivity contribution in [3.05, 3.63) is 82.0 Å². The number of amides is 1. The predicted molar refractivity (Wildman–Crippen MR) is 132 cm³/mol. The molecule has 1 atom stereocenters. The van der Waals surface area contributed by atoms with Crippen LogP contribution in [0.2, 0.25) is 0 Å². The highest BCUT2D eigenvalue weighted by Crippen LogP contribution is 2.44. The molecule has 11 heteroatoms. The number of nitrogens with zero attached hydrogens (tertiary/aromatic N) is 5. The third-order valence-corrected chi connectivity index (χ3v) is 6.96. The van der Waals surface area contributed by atoms with Crippen LogP contribution in [0, 0.1) is 13.8 Å². The SMILES string of the molecule is CCOC(=O)c1sc(N2C(=O)C(=O)C(=C(O)c3c(C)nc4ccccn34)C2c2cccnc2)nc1C. The molecule has 0 saturated carbocycles. The Bertz CT molecular complexity index is 1560. The van der Waals surface area contributed by atoms with E-state index in [9.17, 15) is 19.5 Å². The summed E-state index contributed by atoms with van der Waals surface area (Å²) in [6.45, 7) is 5.22. The Labute approximate surface area is 209 Å². The zero-order valence-electron chi connectivity index (χ0n) is 19.6. The van der Waals surface area contributed by atoms with Gasteiger partial charge in [0.1, 0.15) is 16.2 Å². The number of fused-ring (bicyclic) bond motifs is 1. The van der Waals surface area contributed by atoms with E-state index in [-0.39, 0.29) is 27.9 Å². The van der Waals surface area contributed by atoms with Gasteiger partial charge in [0, 0.05) is 18.6 Å². The first kappa shape index (κ1) is 23.4. The van der Waals surface area contributed by atoms with Gasteiger partial charge in [-0.05, 0) is 44.5 Å². The molecule has 0 radical (unpaired) electrons. The van der Waals surface area contributed by atoms with Crippen molar-refractivity contribution in [2.45, 2.75) is 26.8 Å². The number of carbonyl (C=O) groups is 3. The Morgan fingerprint density at radius 1 is 1.14 bits per heavy atom. The van der Waals surface area contributed by atoms with Gasteiger partial charge in [-0.3, -0.25) is 23.9 Å². The van der Waals surface area contributed by atoms with Gasteiger partial charge in [-0.25, -0.2) is 14.8 Å². The molecular weight excluding hydrogens is 482 g/mol. The lowest BCUT2D eigenvalue weighted by atomic mass is 9.97. The standard InChI is InChI=1S/C25H21N5O5S/c1-4-35-24(34)22-14(3)28-25(36-22)30-19(15-8-7-10-26-12-15)17(21(32)23(30)33)20(31)18-13(2)27-16-9-5-6-11-29(16)18/h5-12,19,31H,4H2,1-3H3. The Morgan fingerprint density at radius 3 is 2.67 bits per heavy atom. The molecule has 0 aromatic carbocycles. The molecule has 0 bridgehead atoms. The molecule has 1 aliphatic rings. The number of aryl methyl sites for hydroxylation is 2. The molecule has 5 rings (SSSR count). The third kappa shape index (κ3) is 3.64. The van der Waals surface area contributed by atoms with Crippen molar-refractivity contribution in [2.75, 3.05) is 11.5 Å². The predicted octanol–water partition coefficient (Wildman–Crippen LogP) is 3.61. The summed E-state index contributed by atoms with van der Waals surface area (Å²) in [6, 6.07) is 7.72. The molecule has 5 heterocycles. The number of hydrogen-bond acceptors (Lipinski definition) is 9. The lowest BCUT2D eigenvalue weighted by molar-refractivity contribution is -0.132. The molecule has 1 fully saturated rings. The van der Waals surface area contributed by atoms with Crippen molar-refractivity contribution in [3.63, 3.8) is 0 Å². The van der Waals surface area contributed by atoms with E-state index in [0.717, 1.165) is 11.3 Å². The summed E-state index contributed by atoms with van der Waals surface area (Å²) in [6.07, 6.45) is 4.80. The van der Waals surface area contributed by atoms with Crippen LogP contribution in [-0.2, 0) is 14.3 Å². The monoisotopic (exact) mass is 503 g/mol. The van der Waals surface area contributed by atoms with Gasteiger partial charge in [-0.1, -0.05) is 23.5 Å². The second kappa shape index (κ2) is 9.00. The molecule has 1 saturated heterocycles. The highest BCUT2D eigenvalue weighted by Gasteiger charge is 2.49. The summed E-state index contributed by atoms with van der Waals surface area (Å²) in [5.74, 6) is -2.67. The van der Waals surface area contributed by atoms with Gasteiger partial charge >= 0.3 is 11.9 Å². The number of ketones is 1. The fraction of sp³-hybridized carbons (Fsp3) is 0.200. The van der Waals surface area contributed by atoms with Crippen molar-refractivity contribution in [3.8, 4) is 0 Å². The average molecular weight is 504 g/mol. The summed E-state index contributed by atoms with van der Waals surface area (Å²) in [5.41, 5.74) is 2.13. The minimum absolute atomic E-state index is 0.118. The van der Waals surface area contributed by atoms with E-state index >= 15 is 0 Å². The number of pyridine rings is 2. The van der Waals surface area contributed by atoms with E-state index in [1.54, 1.807) is 61.8 Å². The number of esters is 1. The maximum absolute atomic E-state index is 13.4.